The number of Topliss-reactive ketones (excluding diaryl/α,β-unsaturated/α-hetero) is 1. The van der Waals surface area contributed by atoms with E-state index < -0.39 is 11.5 Å². The maximum absolute atomic E-state index is 12.9. The molecular formula is C30H46O4. The highest BCUT2D eigenvalue weighted by atomic mass is 16.3. The van der Waals surface area contributed by atoms with Crippen molar-refractivity contribution in [1.82, 2.24) is 0 Å². The summed E-state index contributed by atoms with van der Waals surface area (Å²) in [5.41, 5.74) is 1.96. The molecule has 4 rings (SSSR count). The second kappa shape index (κ2) is 8.40. The van der Waals surface area contributed by atoms with Gasteiger partial charge in [-0.25, -0.2) is 0 Å². The summed E-state index contributed by atoms with van der Waals surface area (Å²) in [6, 6.07) is 0. The van der Waals surface area contributed by atoms with Crippen LogP contribution in [0.15, 0.2) is 23.3 Å². The zero-order chi connectivity index (χ0) is 25.3. The highest BCUT2D eigenvalue weighted by molar-refractivity contribution is 5.94. The van der Waals surface area contributed by atoms with Gasteiger partial charge in [-0.1, -0.05) is 51.8 Å². The molecule has 9 atom stereocenters. The summed E-state index contributed by atoms with van der Waals surface area (Å²) in [6.07, 6.45) is 9.70. The lowest BCUT2D eigenvalue weighted by Crippen LogP contribution is -2.59. The number of hydrogen-bond acceptors (Lipinski definition) is 4. The van der Waals surface area contributed by atoms with Crippen LogP contribution >= 0.6 is 0 Å². The third-order valence-electron chi connectivity index (χ3n) is 11.6. The van der Waals surface area contributed by atoms with Gasteiger partial charge in [-0.05, 0) is 98.4 Å². The Hall–Kier alpha value is -1.26. The van der Waals surface area contributed by atoms with E-state index in [0.717, 1.165) is 44.1 Å². The zero-order valence-electron chi connectivity index (χ0n) is 22.4. The van der Waals surface area contributed by atoms with Crippen LogP contribution in [0.4, 0.5) is 0 Å². The summed E-state index contributed by atoms with van der Waals surface area (Å²) in [5.74, 6) is 0.906. The molecule has 0 amide bonds. The molecule has 0 spiro atoms. The number of ketones is 2. The van der Waals surface area contributed by atoms with Crippen molar-refractivity contribution in [2.75, 3.05) is 6.61 Å². The maximum Gasteiger partial charge on any atom is 0.184 e. The molecule has 3 saturated carbocycles. The van der Waals surface area contributed by atoms with Gasteiger partial charge in [0, 0.05) is 6.42 Å². The van der Waals surface area contributed by atoms with Crippen LogP contribution in [0.1, 0.15) is 93.4 Å². The van der Waals surface area contributed by atoms with Gasteiger partial charge in [-0.15, -0.1) is 0 Å². The van der Waals surface area contributed by atoms with Gasteiger partial charge in [0.2, 0.25) is 0 Å². The molecule has 0 aliphatic heterocycles. The Morgan fingerprint density at radius 1 is 1.15 bits per heavy atom. The van der Waals surface area contributed by atoms with Crippen LogP contribution in [0.5, 0.6) is 0 Å². The molecule has 0 bridgehead atoms. The Balaban J connectivity index is 1.67. The molecule has 4 aliphatic carbocycles. The molecule has 0 aromatic rings. The number of allylic oxidation sites excluding steroid dienone is 3. The molecule has 4 nitrogen and oxygen atoms in total. The van der Waals surface area contributed by atoms with E-state index in [0.29, 0.717) is 18.3 Å². The largest absolute Gasteiger partial charge is 0.395 e. The number of hydrogen-bond donors (Lipinski definition) is 2. The summed E-state index contributed by atoms with van der Waals surface area (Å²) in [6.45, 7) is 15.0. The summed E-state index contributed by atoms with van der Waals surface area (Å²) in [5, 5.41) is 21.2. The van der Waals surface area contributed by atoms with Crippen LogP contribution in [0.25, 0.3) is 0 Å². The Morgan fingerprint density at radius 3 is 2.44 bits per heavy atom. The van der Waals surface area contributed by atoms with Gasteiger partial charge in [0.05, 0.1) is 12.0 Å². The lowest BCUT2D eigenvalue weighted by Gasteiger charge is -2.63. The zero-order valence-corrected chi connectivity index (χ0v) is 22.4. The van der Waals surface area contributed by atoms with E-state index in [9.17, 15) is 19.8 Å². The molecule has 34 heavy (non-hydrogen) atoms. The summed E-state index contributed by atoms with van der Waals surface area (Å²) < 4.78 is 0. The minimum absolute atomic E-state index is 0.0302. The van der Waals surface area contributed by atoms with Crippen molar-refractivity contribution in [2.24, 2.45) is 45.3 Å². The lowest BCUT2D eigenvalue weighted by atomic mass is 9.41. The van der Waals surface area contributed by atoms with E-state index in [4.69, 9.17) is 0 Å². The lowest BCUT2D eigenvalue weighted by molar-refractivity contribution is -0.153. The number of rotatable bonds is 5. The molecule has 4 aliphatic rings. The van der Waals surface area contributed by atoms with E-state index >= 15 is 0 Å². The Labute approximate surface area is 206 Å². The van der Waals surface area contributed by atoms with Crippen molar-refractivity contribution in [3.05, 3.63) is 23.3 Å². The predicted octanol–water partition coefficient (Wildman–Crippen LogP) is 5.67. The van der Waals surface area contributed by atoms with E-state index in [-0.39, 0.29) is 46.3 Å². The molecule has 3 fully saturated rings. The van der Waals surface area contributed by atoms with Crippen molar-refractivity contribution < 1.29 is 19.8 Å². The first kappa shape index (κ1) is 25.8. The predicted molar refractivity (Wildman–Crippen MR) is 135 cm³/mol. The quantitative estimate of drug-likeness (QED) is 0.401. The number of aliphatic hydroxyl groups is 2. The van der Waals surface area contributed by atoms with Gasteiger partial charge >= 0.3 is 0 Å². The van der Waals surface area contributed by atoms with Crippen molar-refractivity contribution in [2.45, 2.75) is 99.5 Å². The molecule has 0 saturated heterocycles. The van der Waals surface area contributed by atoms with Crippen LogP contribution < -0.4 is 0 Å². The third-order valence-corrected chi connectivity index (χ3v) is 11.6. The van der Waals surface area contributed by atoms with Gasteiger partial charge in [0.15, 0.2) is 5.78 Å². The summed E-state index contributed by atoms with van der Waals surface area (Å²) in [4.78, 5) is 25.5. The van der Waals surface area contributed by atoms with E-state index in [1.165, 1.54) is 0 Å². The minimum Gasteiger partial charge on any atom is -0.395 e. The summed E-state index contributed by atoms with van der Waals surface area (Å²) in [7, 11) is 0. The second-order valence-corrected chi connectivity index (χ2v) is 13.4. The number of aliphatic hydroxyl groups excluding tert-OH is 2. The first-order chi connectivity index (χ1) is 15.8. The minimum atomic E-state index is -0.950. The molecule has 0 aromatic carbocycles. The SMILES string of the molecule is CC(C)=CC(=O)[C@@H](O)[C@H](C)[C@@H]1CC[C@]2(C)C3=CC[C@H]4[C@](C)(CCC(=O)[C@]4(C)CO)[C@H]3CC[C@@]12C. The average molecular weight is 471 g/mol. The van der Waals surface area contributed by atoms with Crippen LogP contribution in [0.3, 0.4) is 0 Å². The topological polar surface area (TPSA) is 74.6 Å². The molecule has 0 aromatic heterocycles. The van der Waals surface area contributed by atoms with Crippen molar-refractivity contribution >= 4 is 11.6 Å². The van der Waals surface area contributed by atoms with Crippen LogP contribution in [-0.4, -0.2) is 34.5 Å². The molecule has 0 radical (unpaired) electrons. The molecular weight excluding hydrogens is 424 g/mol. The highest BCUT2D eigenvalue weighted by Gasteiger charge is 2.66. The van der Waals surface area contributed by atoms with Gasteiger partial charge < -0.3 is 10.2 Å². The normalized spacial score (nSPS) is 45.4. The fraction of sp³-hybridized carbons (Fsp3) is 0.800. The Kier molecular flexibility index (Phi) is 6.38. The fourth-order valence-corrected chi connectivity index (χ4v) is 9.28. The molecule has 0 heterocycles. The van der Waals surface area contributed by atoms with Crippen LogP contribution in [0, 0.1) is 45.3 Å². The first-order valence-electron chi connectivity index (χ1n) is 13.5. The third kappa shape index (κ3) is 3.38. The average Bonchev–Trinajstić information content (AvgIpc) is 3.06. The molecule has 190 valence electrons. The van der Waals surface area contributed by atoms with Gasteiger partial charge in [-0.3, -0.25) is 9.59 Å². The van der Waals surface area contributed by atoms with Crippen LogP contribution in [0.2, 0.25) is 0 Å². The van der Waals surface area contributed by atoms with Crippen molar-refractivity contribution in [3.63, 3.8) is 0 Å². The van der Waals surface area contributed by atoms with Crippen molar-refractivity contribution in [3.8, 4) is 0 Å². The number of carbonyl (C=O) groups excluding carboxylic acids is 2. The maximum atomic E-state index is 12.9. The molecule has 4 heteroatoms. The monoisotopic (exact) mass is 470 g/mol. The van der Waals surface area contributed by atoms with E-state index in [1.807, 2.05) is 20.8 Å². The standard InChI is InChI=1S/C30H46O4/c1-18(2)16-23(32)26(34)19(3)20-10-14-30(7)22-8-9-24-27(4,21(22)11-15-29(20,30)6)13-12-25(33)28(24,5)17-31/h8,16,19-21,24,26,31,34H,9-15,17H2,1-7H3/t19-,20+,21+,24+,26+,27-,28-,29+,30-/m1/s1. The smallest absolute Gasteiger partial charge is 0.184 e. The second-order valence-electron chi connectivity index (χ2n) is 13.4. The highest BCUT2D eigenvalue weighted by Crippen LogP contribution is 2.73. The fourth-order valence-electron chi connectivity index (χ4n) is 9.28. The van der Waals surface area contributed by atoms with E-state index in [2.05, 4.69) is 33.8 Å². The first-order valence-corrected chi connectivity index (χ1v) is 13.5. The Bertz CT molecular complexity index is 928. The van der Waals surface area contributed by atoms with E-state index in [1.54, 1.807) is 11.6 Å². The van der Waals surface area contributed by atoms with Gasteiger partial charge in [-0.2, -0.15) is 0 Å². The number of carbonyl (C=O) groups is 2. The van der Waals surface area contributed by atoms with Crippen LogP contribution in [-0.2, 0) is 9.59 Å². The molecule has 2 N–H and O–H groups in total. The van der Waals surface area contributed by atoms with Gasteiger partial charge in [0.1, 0.15) is 11.9 Å². The molecule has 0 unspecified atom stereocenters. The van der Waals surface area contributed by atoms with Crippen molar-refractivity contribution in [1.29, 1.82) is 0 Å². The Morgan fingerprint density at radius 2 is 1.82 bits per heavy atom. The summed E-state index contributed by atoms with van der Waals surface area (Å²) >= 11 is 0. The van der Waals surface area contributed by atoms with Gasteiger partial charge in [0.25, 0.3) is 0 Å². The number of fused-ring (bicyclic) bond motifs is 5.